The molecule has 0 radical (unpaired) electrons. The van der Waals surface area contributed by atoms with Crippen LogP contribution in [0.2, 0.25) is 10.0 Å². The molecule has 3 heterocycles. The van der Waals surface area contributed by atoms with E-state index >= 15 is 0 Å². The van der Waals surface area contributed by atoms with E-state index in [0.29, 0.717) is 40.1 Å². The van der Waals surface area contributed by atoms with Crippen molar-refractivity contribution in [2.45, 2.75) is 93.5 Å². The summed E-state index contributed by atoms with van der Waals surface area (Å²) < 4.78 is 39.5. The standard InChI is InChI=1S/C31H34Cl2F3N3O2/c32-21-7-10-25(26(33)16-21)30(11-12-30)29(41)37-27(15-19-3-5-20(6-4-19)31(34,35)36)28(40)39-22-8-9-23(39)18-24(17-22)38-13-1-2-14-38/h3-7,10,16,22-24,27H,1-2,8-9,11-15,17-18H2,(H,37,41). The average molecular weight is 609 g/mol. The second-order valence-corrected chi connectivity index (χ2v) is 13.0. The Balaban J connectivity index is 1.24. The summed E-state index contributed by atoms with van der Waals surface area (Å²) in [5.41, 5.74) is -0.356. The monoisotopic (exact) mass is 607 g/mol. The number of halogens is 5. The Labute approximate surface area is 248 Å². The lowest BCUT2D eigenvalue weighted by molar-refractivity contribution is -0.141. The van der Waals surface area contributed by atoms with Gasteiger partial charge < -0.3 is 15.1 Å². The average Bonchev–Trinajstić information content (AvgIpc) is 3.45. The number of alkyl halides is 3. The topological polar surface area (TPSA) is 52.7 Å². The number of fused-ring (bicyclic) bond motifs is 2. The molecule has 3 saturated heterocycles. The lowest BCUT2D eigenvalue weighted by Gasteiger charge is -2.43. The van der Waals surface area contributed by atoms with Crippen LogP contribution in [0.4, 0.5) is 13.2 Å². The number of amides is 2. The Morgan fingerprint density at radius 2 is 1.59 bits per heavy atom. The summed E-state index contributed by atoms with van der Waals surface area (Å²) in [5.74, 6) is -0.435. The van der Waals surface area contributed by atoms with Crippen LogP contribution in [-0.2, 0) is 27.6 Å². The normalized spacial score (nSPS) is 26.2. The summed E-state index contributed by atoms with van der Waals surface area (Å²) in [4.78, 5) is 32.6. The van der Waals surface area contributed by atoms with Crippen LogP contribution in [0.15, 0.2) is 42.5 Å². The van der Waals surface area contributed by atoms with E-state index in [1.807, 2.05) is 4.90 Å². The molecule has 3 atom stereocenters. The van der Waals surface area contributed by atoms with E-state index in [4.69, 9.17) is 23.2 Å². The molecule has 0 aromatic heterocycles. The predicted octanol–water partition coefficient (Wildman–Crippen LogP) is 6.39. The van der Waals surface area contributed by atoms with E-state index in [1.54, 1.807) is 18.2 Å². The van der Waals surface area contributed by atoms with E-state index in [9.17, 15) is 22.8 Å². The number of nitrogens with zero attached hydrogens (tertiary/aromatic N) is 2. The van der Waals surface area contributed by atoms with E-state index in [2.05, 4.69) is 10.2 Å². The highest BCUT2D eigenvalue weighted by molar-refractivity contribution is 6.35. The molecule has 0 spiro atoms. The summed E-state index contributed by atoms with van der Waals surface area (Å²) in [6.45, 7) is 2.22. The number of hydrogen-bond acceptors (Lipinski definition) is 3. The molecule has 4 fully saturated rings. The molecule has 5 nitrogen and oxygen atoms in total. The Morgan fingerprint density at radius 3 is 2.15 bits per heavy atom. The van der Waals surface area contributed by atoms with Gasteiger partial charge in [-0.1, -0.05) is 41.4 Å². The first-order valence-corrected chi connectivity index (χ1v) is 15.3. The number of benzene rings is 2. The van der Waals surface area contributed by atoms with Gasteiger partial charge in [0.05, 0.1) is 11.0 Å². The van der Waals surface area contributed by atoms with Gasteiger partial charge in [-0.15, -0.1) is 0 Å². The molecule has 3 aliphatic heterocycles. The number of carbonyl (C=O) groups excluding carboxylic acids is 2. The third-order valence-corrected chi connectivity index (χ3v) is 10.1. The van der Waals surface area contributed by atoms with Gasteiger partial charge in [0, 0.05) is 34.6 Å². The highest BCUT2D eigenvalue weighted by atomic mass is 35.5. The second-order valence-electron chi connectivity index (χ2n) is 12.1. The van der Waals surface area contributed by atoms with Crippen LogP contribution in [0.5, 0.6) is 0 Å². The second kappa shape index (κ2) is 11.1. The molecule has 1 aliphatic carbocycles. The summed E-state index contributed by atoms with van der Waals surface area (Å²) in [6, 6.07) is 9.71. The third-order valence-electron chi connectivity index (χ3n) is 9.58. The van der Waals surface area contributed by atoms with Crippen LogP contribution in [0.3, 0.4) is 0 Å². The molecule has 1 saturated carbocycles. The predicted molar refractivity (Wildman–Crippen MR) is 152 cm³/mol. The Kier molecular flexibility index (Phi) is 7.79. The summed E-state index contributed by atoms with van der Waals surface area (Å²) >= 11 is 12.6. The number of rotatable bonds is 7. The minimum absolute atomic E-state index is 0.110. The van der Waals surface area contributed by atoms with Crippen molar-refractivity contribution in [2.75, 3.05) is 13.1 Å². The molecule has 3 unspecified atom stereocenters. The zero-order valence-electron chi connectivity index (χ0n) is 22.7. The number of nitrogens with one attached hydrogen (secondary N) is 1. The van der Waals surface area contributed by atoms with Gasteiger partial charge in [-0.25, -0.2) is 0 Å². The van der Waals surface area contributed by atoms with Crippen LogP contribution < -0.4 is 5.32 Å². The van der Waals surface area contributed by atoms with E-state index in [-0.39, 0.29) is 30.3 Å². The van der Waals surface area contributed by atoms with E-state index in [1.165, 1.54) is 25.0 Å². The largest absolute Gasteiger partial charge is 0.416 e. The fourth-order valence-electron chi connectivity index (χ4n) is 7.28. The molecule has 6 rings (SSSR count). The van der Waals surface area contributed by atoms with Gasteiger partial charge in [-0.05, 0) is 99.8 Å². The summed E-state index contributed by atoms with van der Waals surface area (Å²) in [5, 5.41) is 3.90. The number of hydrogen-bond donors (Lipinski definition) is 1. The molecular formula is C31H34Cl2F3N3O2. The summed E-state index contributed by atoms with van der Waals surface area (Å²) in [7, 11) is 0. The molecule has 2 bridgehead atoms. The highest BCUT2D eigenvalue weighted by Gasteiger charge is 2.54. The van der Waals surface area contributed by atoms with E-state index in [0.717, 1.165) is 50.9 Å². The van der Waals surface area contributed by atoms with Gasteiger partial charge in [0.25, 0.3) is 0 Å². The molecule has 1 N–H and O–H groups in total. The number of likely N-dealkylation sites (tertiary alicyclic amines) is 1. The maximum absolute atomic E-state index is 14.2. The molecule has 4 aliphatic rings. The minimum atomic E-state index is -4.45. The van der Waals surface area contributed by atoms with Crippen LogP contribution in [0.1, 0.15) is 68.1 Å². The van der Waals surface area contributed by atoms with Gasteiger partial charge in [-0.2, -0.15) is 13.2 Å². The SMILES string of the molecule is O=C(C(Cc1ccc(C(F)(F)F)cc1)NC(=O)C1(c2ccc(Cl)cc2Cl)CC1)N1C2CCC1CC(N1CCCC1)C2. The van der Waals surface area contributed by atoms with Crippen molar-refractivity contribution in [3.05, 3.63) is 69.2 Å². The maximum atomic E-state index is 14.2. The van der Waals surface area contributed by atoms with Gasteiger partial charge in [0.1, 0.15) is 6.04 Å². The zero-order valence-corrected chi connectivity index (χ0v) is 24.2. The lowest BCUT2D eigenvalue weighted by atomic mass is 9.92. The van der Waals surface area contributed by atoms with Crippen molar-refractivity contribution in [3.8, 4) is 0 Å². The molecule has 2 amide bonds. The summed E-state index contributed by atoms with van der Waals surface area (Å²) in [6.07, 6.45) is 3.00. The van der Waals surface area contributed by atoms with Crippen molar-refractivity contribution in [1.29, 1.82) is 0 Å². The third kappa shape index (κ3) is 5.72. The van der Waals surface area contributed by atoms with Crippen LogP contribution >= 0.6 is 23.2 Å². The molecular weight excluding hydrogens is 574 g/mol. The van der Waals surface area contributed by atoms with Gasteiger partial charge in [0.2, 0.25) is 11.8 Å². The van der Waals surface area contributed by atoms with E-state index < -0.39 is 23.2 Å². The van der Waals surface area contributed by atoms with Crippen molar-refractivity contribution in [3.63, 3.8) is 0 Å². The Hall–Kier alpha value is -2.29. The highest BCUT2D eigenvalue weighted by Crippen LogP contribution is 2.51. The van der Waals surface area contributed by atoms with Crippen LogP contribution in [0.25, 0.3) is 0 Å². The fraction of sp³-hybridized carbons (Fsp3) is 0.548. The van der Waals surface area contributed by atoms with Crippen molar-refractivity contribution < 1.29 is 22.8 Å². The Morgan fingerprint density at radius 1 is 0.951 bits per heavy atom. The van der Waals surface area contributed by atoms with Gasteiger partial charge in [0.15, 0.2) is 0 Å². The fourth-order valence-corrected chi connectivity index (χ4v) is 7.87. The maximum Gasteiger partial charge on any atom is 0.416 e. The van der Waals surface area contributed by atoms with Crippen LogP contribution in [-0.4, -0.2) is 58.9 Å². The first kappa shape index (κ1) is 28.8. The van der Waals surface area contributed by atoms with Gasteiger partial charge in [-0.3, -0.25) is 9.59 Å². The number of piperidine rings is 1. The molecule has 41 heavy (non-hydrogen) atoms. The molecule has 10 heteroatoms. The van der Waals surface area contributed by atoms with Crippen molar-refractivity contribution in [2.24, 2.45) is 0 Å². The number of carbonyl (C=O) groups is 2. The van der Waals surface area contributed by atoms with Crippen molar-refractivity contribution in [1.82, 2.24) is 15.1 Å². The van der Waals surface area contributed by atoms with Gasteiger partial charge >= 0.3 is 6.18 Å². The first-order chi connectivity index (χ1) is 19.5. The minimum Gasteiger partial charge on any atom is -0.343 e. The first-order valence-electron chi connectivity index (χ1n) is 14.5. The molecule has 2 aromatic carbocycles. The van der Waals surface area contributed by atoms with Crippen LogP contribution in [0, 0.1) is 0 Å². The Bertz CT molecular complexity index is 1290. The zero-order chi connectivity index (χ0) is 28.9. The quantitative estimate of drug-likeness (QED) is 0.397. The van der Waals surface area contributed by atoms with Crippen molar-refractivity contribution >= 4 is 35.0 Å². The smallest absolute Gasteiger partial charge is 0.343 e. The lowest BCUT2D eigenvalue weighted by Crippen LogP contribution is -2.58. The molecule has 2 aromatic rings. The molecule has 220 valence electrons.